The van der Waals surface area contributed by atoms with Crippen LogP contribution in [0, 0.1) is 5.82 Å². The zero-order chi connectivity index (χ0) is 14.6. The second kappa shape index (κ2) is 5.83. The first kappa shape index (κ1) is 15.2. The molecule has 0 spiro atoms. The topological polar surface area (TPSA) is 74.4 Å². The predicted molar refractivity (Wildman–Crippen MR) is 54.7 cm³/mol. The Bertz CT molecular complexity index is 477. The summed E-state index contributed by atoms with van der Waals surface area (Å²) in [5, 5.41) is 0. The monoisotopic (exact) mass is 282 g/mol. The number of aromatic nitrogens is 1. The van der Waals surface area contributed by atoms with Crippen LogP contribution in [0.25, 0.3) is 0 Å². The van der Waals surface area contributed by atoms with Crippen molar-refractivity contribution in [3.63, 3.8) is 0 Å². The zero-order valence-corrected chi connectivity index (χ0v) is 9.75. The Balaban J connectivity index is 3.29. The van der Waals surface area contributed by atoms with Gasteiger partial charge >= 0.3 is 12.3 Å². The lowest BCUT2D eigenvalue weighted by Crippen LogP contribution is -2.22. The van der Waals surface area contributed by atoms with E-state index in [4.69, 9.17) is 5.73 Å². The number of hydrogen-bond donors (Lipinski definition) is 1. The van der Waals surface area contributed by atoms with Crippen LogP contribution in [0.15, 0.2) is 6.07 Å². The standard InChI is InChI=1S/C10H10F4N2O3/c1-2-18-9(17)7-6(11)3-5(4-15)16-8(7)19-10(12,13)14/h3H,2,4,15H2,1H3. The van der Waals surface area contributed by atoms with Crippen LogP contribution < -0.4 is 10.5 Å². The lowest BCUT2D eigenvalue weighted by molar-refractivity contribution is -0.276. The van der Waals surface area contributed by atoms with Crippen LogP contribution in [0.1, 0.15) is 23.0 Å². The van der Waals surface area contributed by atoms with Gasteiger partial charge in [0.05, 0.1) is 12.3 Å². The maximum absolute atomic E-state index is 13.6. The van der Waals surface area contributed by atoms with E-state index < -0.39 is 29.6 Å². The zero-order valence-electron chi connectivity index (χ0n) is 9.75. The minimum atomic E-state index is -5.12. The summed E-state index contributed by atoms with van der Waals surface area (Å²) >= 11 is 0. The van der Waals surface area contributed by atoms with E-state index in [1.165, 1.54) is 6.92 Å². The van der Waals surface area contributed by atoms with Crippen LogP contribution in [0.5, 0.6) is 5.88 Å². The molecule has 0 aliphatic carbocycles. The minimum Gasteiger partial charge on any atom is -0.462 e. The van der Waals surface area contributed by atoms with Crippen molar-refractivity contribution >= 4 is 5.97 Å². The highest BCUT2D eigenvalue weighted by Crippen LogP contribution is 2.27. The van der Waals surface area contributed by atoms with Crippen LogP contribution in [-0.2, 0) is 11.3 Å². The highest BCUT2D eigenvalue weighted by atomic mass is 19.4. The molecule has 2 N–H and O–H groups in total. The molecule has 0 aliphatic rings. The first-order valence-corrected chi connectivity index (χ1v) is 5.10. The number of esters is 1. The molecule has 9 heteroatoms. The van der Waals surface area contributed by atoms with Crippen LogP contribution in [0.4, 0.5) is 17.6 Å². The van der Waals surface area contributed by atoms with E-state index >= 15 is 0 Å². The Kier molecular flexibility index (Phi) is 4.65. The second-order valence-electron chi connectivity index (χ2n) is 3.25. The molecule has 1 heterocycles. The molecule has 0 fully saturated rings. The number of carbonyl (C=O) groups excluding carboxylic acids is 1. The molecule has 0 aliphatic heterocycles. The number of alkyl halides is 3. The van der Waals surface area contributed by atoms with Crippen molar-refractivity contribution in [3.05, 3.63) is 23.1 Å². The van der Waals surface area contributed by atoms with Crippen LogP contribution in [0.3, 0.4) is 0 Å². The van der Waals surface area contributed by atoms with Gasteiger partial charge in [-0.2, -0.15) is 0 Å². The van der Waals surface area contributed by atoms with E-state index in [1.54, 1.807) is 0 Å². The van der Waals surface area contributed by atoms with Crippen molar-refractivity contribution in [3.8, 4) is 5.88 Å². The number of pyridine rings is 1. The molecule has 0 radical (unpaired) electrons. The molecule has 0 unspecified atom stereocenters. The van der Waals surface area contributed by atoms with E-state index in [0.717, 1.165) is 6.07 Å². The second-order valence-corrected chi connectivity index (χ2v) is 3.25. The lowest BCUT2D eigenvalue weighted by Gasteiger charge is -2.13. The van der Waals surface area contributed by atoms with Gasteiger partial charge in [0.15, 0.2) is 5.56 Å². The normalized spacial score (nSPS) is 11.3. The molecule has 1 rings (SSSR count). The highest BCUT2D eigenvalue weighted by molar-refractivity contribution is 5.92. The fourth-order valence-corrected chi connectivity index (χ4v) is 1.22. The molecule has 0 aromatic carbocycles. The molecule has 1 aromatic heterocycles. The average Bonchev–Trinajstić information content (AvgIpc) is 2.26. The van der Waals surface area contributed by atoms with Gasteiger partial charge in [-0.3, -0.25) is 0 Å². The number of halogens is 4. The summed E-state index contributed by atoms with van der Waals surface area (Å²) in [5.41, 5.74) is 3.95. The summed E-state index contributed by atoms with van der Waals surface area (Å²) in [5.74, 6) is -3.75. The smallest absolute Gasteiger partial charge is 0.462 e. The van der Waals surface area contributed by atoms with Gasteiger partial charge in [0.2, 0.25) is 5.88 Å². The fourth-order valence-electron chi connectivity index (χ4n) is 1.22. The molecule has 0 saturated heterocycles. The Morgan fingerprint density at radius 3 is 2.58 bits per heavy atom. The maximum atomic E-state index is 13.6. The summed E-state index contributed by atoms with van der Waals surface area (Å²) < 4.78 is 58.1. The van der Waals surface area contributed by atoms with Gasteiger partial charge in [-0.05, 0) is 13.0 Å². The van der Waals surface area contributed by atoms with Crippen molar-refractivity contribution in [2.45, 2.75) is 19.8 Å². The van der Waals surface area contributed by atoms with Crippen LogP contribution in [-0.4, -0.2) is 23.9 Å². The van der Waals surface area contributed by atoms with Crippen molar-refractivity contribution in [1.29, 1.82) is 0 Å². The highest BCUT2D eigenvalue weighted by Gasteiger charge is 2.35. The number of rotatable bonds is 4. The van der Waals surface area contributed by atoms with Gasteiger partial charge in [0.1, 0.15) is 5.82 Å². The fraction of sp³-hybridized carbons (Fsp3) is 0.400. The third-order valence-corrected chi connectivity index (χ3v) is 1.89. The Morgan fingerprint density at radius 1 is 1.47 bits per heavy atom. The quantitative estimate of drug-likeness (QED) is 0.672. The molecule has 5 nitrogen and oxygen atoms in total. The van der Waals surface area contributed by atoms with Crippen LogP contribution in [0.2, 0.25) is 0 Å². The molecule has 0 saturated carbocycles. The average molecular weight is 282 g/mol. The summed E-state index contributed by atoms with van der Waals surface area (Å²) in [4.78, 5) is 14.7. The molecule has 0 bridgehead atoms. The van der Waals surface area contributed by atoms with Crippen molar-refractivity contribution in [2.24, 2.45) is 5.73 Å². The van der Waals surface area contributed by atoms with Crippen molar-refractivity contribution in [1.82, 2.24) is 4.98 Å². The molecular formula is C10H10F4N2O3. The molecule has 1 aromatic rings. The van der Waals surface area contributed by atoms with Gasteiger partial charge in [0, 0.05) is 6.54 Å². The first-order chi connectivity index (χ1) is 8.78. The summed E-state index contributed by atoms with van der Waals surface area (Å²) in [6.07, 6.45) is -5.12. The van der Waals surface area contributed by atoms with Crippen molar-refractivity contribution in [2.75, 3.05) is 6.61 Å². The van der Waals surface area contributed by atoms with E-state index in [0.29, 0.717) is 0 Å². The first-order valence-electron chi connectivity index (χ1n) is 5.10. The third-order valence-electron chi connectivity index (χ3n) is 1.89. The molecule has 0 amide bonds. The SMILES string of the molecule is CCOC(=O)c1c(F)cc(CN)nc1OC(F)(F)F. The summed E-state index contributed by atoms with van der Waals surface area (Å²) in [7, 11) is 0. The Labute approximate surface area is 105 Å². The third kappa shape index (κ3) is 4.05. The number of nitrogens with zero attached hydrogens (tertiary/aromatic N) is 1. The molecule has 106 valence electrons. The maximum Gasteiger partial charge on any atom is 0.574 e. The van der Waals surface area contributed by atoms with E-state index in [-0.39, 0.29) is 18.8 Å². The molecular weight excluding hydrogens is 272 g/mol. The van der Waals surface area contributed by atoms with Crippen molar-refractivity contribution < 1.29 is 31.8 Å². The lowest BCUT2D eigenvalue weighted by atomic mass is 10.2. The Hall–Kier alpha value is -1.90. The summed E-state index contributed by atoms with van der Waals surface area (Å²) in [6, 6.07) is 0.746. The summed E-state index contributed by atoms with van der Waals surface area (Å²) in [6.45, 7) is 0.971. The number of ether oxygens (including phenoxy) is 2. The van der Waals surface area contributed by atoms with E-state index in [2.05, 4.69) is 14.5 Å². The van der Waals surface area contributed by atoms with Gasteiger partial charge < -0.3 is 15.2 Å². The molecule has 19 heavy (non-hydrogen) atoms. The van der Waals surface area contributed by atoms with E-state index in [1.807, 2.05) is 0 Å². The Morgan fingerprint density at radius 2 is 2.11 bits per heavy atom. The number of hydrogen-bond acceptors (Lipinski definition) is 5. The van der Waals surface area contributed by atoms with Gasteiger partial charge in [-0.15, -0.1) is 13.2 Å². The minimum absolute atomic E-state index is 0.137. The molecule has 0 atom stereocenters. The van der Waals surface area contributed by atoms with E-state index in [9.17, 15) is 22.4 Å². The van der Waals surface area contributed by atoms with Gasteiger partial charge in [0.25, 0.3) is 0 Å². The van der Waals surface area contributed by atoms with Gasteiger partial charge in [-0.25, -0.2) is 14.2 Å². The number of nitrogens with two attached hydrogens (primary N) is 1. The van der Waals surface area contributed by atoms with Crippen LogP contribution >= 0.6 is 0 Å². The predicted octanol–water partition coefficient (Wildman–Crippen LogP) is 1.75. The largest absolute Gasteiger partial charge is 0.574 e. The van der Waals surface area contributed by atoms with Gasteiger partial charge in [-0.1, -0.05) is 0 Å². The number of carbonyl (C=O) groups is 1.